The Kier molecular flexibility index (Phi) is 5.19. The molecule has 1 aromatic carbocycles. The highest BCUT2D eigenvalue weighted by Gasteiger charge is 2.30. The van der Waals surface area contributed by atoms with Crippen LogP contribution in [0.2, 0.25) is 0 Å². The van der Waals surface area contributed by atoms with Crippen molar-refractivity contribution in [3.8, 4) is 0 Å². The standard InChI is InChI=1S/C21H30N4O2/c1-15(2)25-14-22-18-13-16(7-8-17(18)21(25)27)23-9-11-24(12-10-23)19-5-3-4-6-20(19)26/h7-8,13-15,19-20,26H,3-6,9-12H2,1-2H3. The molecule has 2 fully saturated rings. The highest BCUT2D eigenvalue weighted by atomic mass is 16.3. The van der Waals surface area contributed by atoms with Gasteiger partial charge in [-0.2, -0.15) is 0 Å². The zero-order valence-electron chi connectivity index (χ0n) is 16.3. The van der Waals surface area contributed by atoms with E-state index in [4.69, 9.17) is 0 Å². The van der Waals surface area contributed by atoms with Gasteiger partial charge in [0, 0.05) is 44.0 Å². The third-order valence-corrected chi connectivity index (χ3v) is 6.17. The second-order valence-corrected chi connectivity index (χ2v) is 8.19. The molecule has 0 bridgehead atoms. The Labute approximate surface area is 160 Å². The van der Waals surface area contributed by atoms with E-state index in [1.165, 1.54) is 6.42 Å². The minimum atomic E-state index is -0.168. The lowest BCUT2D eigenvalue weighted by Gasteiger charge is -2.43. The van der Waals surface area contributed by atoms with Gasteiger partial charge in [-0.3, -0.25) is 14.3 Å². The maximum Gasteiger partial charge on any atom is 0.261 e. The normalized spacial score (nSPS) is 24.7. The van der Waals surface area contributed by atoms with Crippen molar-refractivity contribution in [3.63, 3.8) is 0 Å². The number of anilines is 1. The van der Waals surface area contributed by atoms with E-state index in [0.29, 0.717) is 11.4 Å². The number of hydrogen-bond donors (Lipinski definition) is 1. The zero-order chi connectivity index (χ0) is 19.0. The van der Waals surface area contributed by atoms with E-state index < -0.39 is 0 Å². The van der Waals surface area contributed by atoms with E-state index in [-0.39, 0.29) is 17.7 Å². The number of aliphatic hydroxyl groups is 1. The van der Waals surface area contributed by atoms with Gasteiger partial charge < -0.3 is 10.0 Å². The van der Waals surface area contributed by atoms with Crippen molar-refractivity contribution in [1.82, 2.24) is 14.5 Å². The molecule has 6 heteroatoms. The van der Waals surface area contributed by atoms with E-state index >= 15 is 0 Å². The highest BCUT2D eigenvalue weighted by Crippen LogP contribution is 2.26. The lowest BCUT2D eigenvalue weighted by Crippen LogP contribution is -2.54. The molecule has 2 atom stereocenters. The molecule has 1 aliphatic heterocycles. The number of aromatic nitrogens is 2. The summed E-state index contributed by atoms with van der Waals surface area (Å²) in [6.07, 6.45) is 5.92. The highest BCUT2D eigenvalue weighted by molar-refractivity contribution is 5.81. The fourth-order valence-electron chi connectivity index (χ4n) is 4.52. The Bertz CT molecular complexity index is 855. The van der Waals surface area contributed by atoms with Gasteiger partial charge in [-0.25, -0.2) is 4.98 Å². The van der Waals surface area contributed by atoms with Gasteiger partial charge in [-0.15, -0.1) is 0 Å². The summed E-state index contributed by atoms with van der Waals surface area (Å²) in [4.78, 5) is 21.9. The molecule has 146 valence electrons. The second kappa shape index (κ2) is 7.60. The largest absolute Gasteiger partial charge is 0.391 e. The SMILES string of the molecule is CC(C)n1cnc2cc(N3CCN(C4CCCCC4O)CC3)ccc2c1=O. The molecule has 2 aromatic rings. The van der Waals surface area contributed by atoms with Gasteiger partial charge in [0.25, 0.3) is 5.56 Å². The van der Waals surface area contributed by atoms with Crippen molar-refractivity contribution in [2.75, 3.05) is 31.1 Å². The van der Waals surface area contributed by atoms with E-state index in [9.17, 15) is 9.90 Å². The number of aliphatic hydroxyl groups excluding tert-OH is 1. The van der Waals surface area contributed by atoms with Crippen molar-refractivity contribution in [2.24, 2.45) is 0 Å². The van der Waals surface area contributed by atoms with Crippen molar-refractivity contribution >= 4 is 16.6 Å². The molecule has 4 rings (SSSR count). The predicted octanol–water partition coefficient (Wildman–Crippen LogP) is 2.40. The van der Waals surface area contributed by atoms with Crippen LogP contribution >= 0.6 is 0 Å². The van der Waals surface area contributed by atoms with Crippen LogP contribution in [0.25, 0.3) is 10.9 Å². The lowest BCUT2D eigenvalue weighted by atomic mass is 9.91. The van der Waals surface area contributed by atoms with Crippen LogP contribution in [-0.2, 0) is 0 Å². The molecule has 1 aliphatic carbocycles. The van der Waals surface area contributed by atoms with E-state index in [0.717, 1.165) is 56.6 Å². The van der Waals surface area contributed by atoms with Crippen molar-refractivity contribution in [3.05, 3.63) is 34.9 Å². The summed E-state index contributed by atoms with van der Waals surface area (Å²) in [5.41, 5.74) is 1.91. The molecule has 2 heterocycles. The number of rotatable bonds is 3. The van der Waals surface area contributed by atoms with Crippen LogP contribution in [-0.4, -0.2) is 57.9 Å². The summed E-state index contributed by atoms with van der Waals surface area (Å²) < 4.78 is 1.68. The number of fused-ring (bicyclic) bond motifs is 1. The minimum absolute atomic E-state index is 0.0256. The molecule has 0 radical (unpaired) electrons. The topological polar surface area (TPSA) is 61.6 Å². The quantitative estimate of drug-likeness (QED) is 0.899. The van der Waals surface area contributed by atoms with Crippen LogP contribution in [0.3, 0.4) is 0 Å². The number of piperazine rings is 1. The average molecular weight is 370 g/mol. The molecule has 1 aromatic heterocycles. The first-order valence-electron chi connectivity index (χ1n) is 10.2. The van der Waals surface area contributed by atoms with E-state index in [1.54, 1.807) is 10.9 Å². The van der Waals surface area contributed by atoms with Gasteiger partial charge in [-0.1, -0.05) is 12.8 Å². The van der Waals surface area contributed by atoms with Crippen molar-refractivity contribution in [2.45, 2.75) is 57.7 Å². The molecule has 1 saturated carbocycles. The second-order valence-electron chi connectivity index (χ2n) is 8.19. The molecule has 0 amide bonds. The van der Waals surface area contributed by atoms with Crippen LogP contribution in [0.4, 0.5) is 5.69 Å². The molecule has 6 nitrogen and oxygen atoms in total. The fraction of sp³-hybridized carbons (Fsp3) is 0.619. The third kappa shape index (κ3) is 3.60. The Morgan fingerprint density at radius 3 is 2.56 bits per heavy atom. The lowest BCUT2D eigenvalue weighted by molar-refractivity contribution is 0.0173. The summed E-state index contributed by atoms with van der Waals surface area (Å²) in [5, 5.41) is 11.0. The predicted molar refractivity (Wildman–Crippen MR) is 108 cm³/mol. The molecular weight excluding hydrogens is 340 g/mol. The minimum Gasteiger partial charge on any atom is -0.391 e. The van der Waals surface area contributed by atoms with Crippen LogP contribution in [0.1, 0.15) is 45.6 Å². The maximum atomic E-state index is 12.6. The summed E-state index contributed by atoms with van der Waals surface area (Å²) >= 11 is 0. The molecule has 27 heavy (non-hydrogen) atoms. The first-order valence-corrected chi connectivity index (χ1v) is 10.2. The van der Waals surface area contributed by atoms with Gasteiger partial charge in [0.1, 0.15) is 0 Å². The first kappa shape index (κ1) is 18.4. The summed E-state index contributed by atoms with van der Waals surface area (Å²) in [6, 6.07) is 6.43. The van der Waals surface area contributed by atoms with E-state index in [1.807, 2.05) is 32.0 Å². The monoisotopic (exact) mass is 370 g/mol. The molecule has 1 N–H and O–H groups in total. The van der Waals surface area contributed by atoms with Crippen molar-refractivity contribution in [1.29, 1.82) is 0 Å². The molecule has 0 spiro atoms. The Morgan fingerprint density at radius 2 is 1.85 bits per heavy atom. The van der Waals surface area contributed by atoms with Crippen LogP contribution in [0.15, 0.2) is 29.3 Å². The Morgan fingerprint density at radius 1 is 1.11 bits per heavy atom. The molecular formula is C21H30N4O2. The summed E-state index contributed by atoms with van der Waals surface area (Å²) in [6.45, 7) is 7.82. The third-order valence-electron chi connectivity index (χ3n) is 6.17. The van der Waals surface area contributed by atoms with Crippen molar-refractivity contribution < 1.29 is 5.11 Å². The fourth-order valence-corrected chi connectivity index (χ4v) is 4.52. The van der Waals surface area contributed by atoms with Crippen LogP contribution in [0, 0.1) is 0 Å². The zero-order valence-corrected chi connectivity index (χ0v) is 16.3. The summed E-state index contributed by atoms with van der Waals surface area (Å²) in [7, 11) is 0. The Balaban J connectivity index is 1.49. The van der Waals surface area contributed by atoms with Gasteiger partial charge in [-0.05, 0) is 44.9 Å². The molecule has 2 unspecified atom stereocenters. The smallest absolute Gasteiger partial charge is 0.261 e. The van der Waals surface area contributed by atoms with Gasteiger partial charge in [0.05, 0.1) is 23.3 Å². The first-order chi connectivity index (χ1) is 13.0. The number of nitrogens with zero attached hydrogens (tertiary/aromatic N) is 4. The summed E-state index contributed by atoms with van der Waals surface area (Å²) in [5.74, 6) is 0. The number of hydrogen-bond acceptors (Lipinski definition) is 5. The molecule has 2 aliphatic rings. The number of benzene rings is 1. The van der Waals surface area contributed by atoms with Gasteiger partial charge in [0.2, 0.25) is 0 Å². The van der Waals surface area contributed by atoms with Crippen LogP contribution < -0.4 is 10.5 Å². The Hall–Kier alpha value is -1.92. The van der Waals surface area contributed by atoms with Crippen LogP contribution in [0.5, 0.6) is 0 Å². The molecule has 1 saturated heterocycles. The maximum absolute atomic E-state index is 12.6. The van der Waals surface area contributed by atoms with Gasteiger partial charge in [0.15, 0.2) is 0 Å². The average Bonchev–Trinajstić information content (AvgIpc) is 2.68. The van der Waals surface area contributed by atoms with Gasteiger partial charge >= 0.3 is 0 Å². The van der Waals surface area contributed by atoms with E-state index in [2.05, 4.69) is 14.8 Å².